The number of ether oxygens (including phenoxy) is 1. The molecule has 26 heavy (non-hydrogen) atoms. The van der Waals surface area contributed by atoms with Crippen molar-refractivity contribution >= 4 is 40.8 Å². The Hall–Kier alpha value is -3.06. The maximum atomic E-state index is 12.8. The Morgan fingerprint density at radius 3 is 2.42 bits per heavy atom. The molecule has 0 spiro atoms. The Balaban J connectivity index is 2.29. The first kappa shape index (κ1) is 17.8. The van der Waals surface area contributed by atoms with Gasteiger partial charge in [0.2, 0.25) is 5.91 Å². The first-order chi connectivity index (χ1) is 12.4. The van der Waals surface area contributed by atoms with E-state index in [2.05, 4.69) is 9.98 Å². The van der Waals surface area contributed by atoms with E-state index in [1.54, 1.807) is 24.3 Å². The van der Waals surface area contributed by atoms with Crippen LogP contribution in [0, 0.1) is 0 Å². The van der Waals surface area contributed by atoms with Crippen molar-refractivity contribution in [3.05, 3.63) is 58.9 Å². The molecule has 3 rings (SSSR count). The Labute approximate surface area is 154 Å². The Morgan fingerprint density at radius 1 is 1.12 bits per heavy atom. The highest BCUT2D eigenvalue weighted by Gasteiger charge is 2.37. The van der Waals surface area contributed by atoms with Crippen LogP contribution in [0.15, 0.2) is 47.5 Å². The predicted octanol–water partition coefficient (Wildman–Crippen LogP) is 2.35. The van der Waals surface area contributed by atoms with Crippen LogP contribution in [0.3, 0.4) is 0 Å². The Morgan fingerprint density at radius 2 is 1.81 bits per heavy atom. The van der Waals surface area contributed by atoms with Crippen LogP contribution in [0.2, 0.25) is 5.15 Å². The van der Waals surface area contributed by atoms with Crippen LogP contribution in [0.25, 0.3) is 0 Å². The number of fused-ring (bicyclic) bond motifs is 1. The van der Waals surface area contributed by atoms with Crippen molar-refractivity contribution in [3.63, 3.8) is 0 Å². The highest BCUT2D eigenvalue weighted by Crippen LogP contribution is 2.29. The molecule has 0 N–H and O–H groups in total. The lowest BCUT2D eigenvalue weighted by atomic mass is 10.1. The largest absolute Gasteiger partial charge is 0.430 e. The van der Waals surface area contributed by atoms with Gasteiger partial charge in [-0.2, -0.15) is 0 Å². The molecule has 1 unspecified atom stereocenters. The van der Waals surface area contributed by atoms with Gasteiger partial charge in [0, 0.05) is 19.4 Å². The van der Waals surface area contributed by atoms with E-state index in [1.165, 1.54) is 19.1 Å². The number of anilines is 1. The topological polar surface area (TPSA) is 88.9 Å². The second-order valence-electron chi connectivity index (χ2n) is 5.50. The number of imide groups is 1. The smallest absolute Gasteiger partial charge is 0.305 e. The fourth-order valence-electron chi connectivity index (χ4n) is 2.61. The van der Waals surface area contributed by atoms with E-state index in [9.17, 15) is 14.4 Å². The van der Waals surface area contributed by atoms with Crippen molar-refractivity contribution in [1.29, 1.82) is 0 Å². The molecular weight excluding hydrogens is 358 g/mol. The number of benzene rings is 1. The van der Waals surface area contributed by atoms with Crippen LogP contribution in [-0.4, -0.2) is 34.7 Å². The molecule has 1 aliphatic heterocycles. The standard InChI is InChI=1S/C18H14ClN3O4/c1-10(23)22-13-8-9-14(19)20-16(13)15(12-6-4-3-5-7-12)21-17(18(22)25)26-11(2)24/h3-9,17H,1-2H3. The summed E-state index contributed by atoms with van der Waals surface area (Å²) in [5, 5.41) is 0.175. The number of esters is 1. The molecule has 2 heterocycles. The summed E-state index contributed by atoms with van der Waals surface area (Å²) in [7, 11) is 0. The van der Waals surface area contributed by atoms with Crippen LogP contribution >= 0.6 is 11.6 Å². The monoisotopic (exact) mass is 371 g/mol. The number of amides is 2. The molecule has 1 aromatic carbocycles. The number of pyridine rings is 1. The molecule has 0 saturated carbocycles. The number of carbonyl (C=O) groups excluding carboxylic acids is 3. The van der Waals surface area contributed by atoms with Gasteiger partial charge < -0.3 is 4.74 Å². The molecule has 2 amide bonds. The summed E-state index contributed by atoms with van der Waals surface area (Å²) < 4.78 is 5.05. The van der Waals surface area contributed by atoms with Crippen molar-refractivity contribution in [1.82, 2.24) is 4.98 Å². The number of aliphatic imine (C=N–C) groups is 1. The predicted molar refractivity (Wildman–Crippen MR) is 95.0 cm³/mol. The molecule has 0 saturated heterocycles. The summed E-state index contributed by atoms with van der Waals surface area (Å²) in [6.07, 6.45) is -1.50. The molecule has 1 atom stereocenters. The van der Waals surface area contributed by atoms with Crippen LogP contribution in [-0.2, 0) is 19.1 Å². The van der Waals surface area contributed by atoms with Crippen molar-refractivity contribution in [2.45, 2.75) is 20.1 Å². The number of carbonyl (C=O) groups is 3. The minimum atomic E-state index is -1.50. The van der Waals surface area contributed by atoms with E-state index in [0.29, 0.717) is 11.3 Å². The average Bonchev–Trinajstić information content (AvgIpc) is 2.70. The number of halogens is 1. The third-order valence-electron chi connectivity index (χ3n) is 3.62. The van der Waals surface area contributed by atoms with Gasteiger partial charge in [0.05, 0.1) is 11.4 Å². The molecule has 0 radical (unpaired) electrons. The van der Waals surface area contributed by atoms with Gasteiger partial charge in [-0.3, -0.25) is 14.4 Å². The van der Waals surface area contributed by atoms with Crippen molar-refractivity contribution in [3.8, 4) is 0 Å². The second kappa shape index (κ2) is 7.05. The summed E-state index contributed by atoms with van der Waals surface area (Å²) in [4.78, 5) is 45.8. The minimum Gasteiger partial charge on any atom is -0.430 e. The third-order valence-corrected chi connectivity index (χ3v) is 3.83. The van der Waals surface area contributed by atoms with Gasteiger partial charge in [0.25, 0.3) is 12.1 Å². The third kappa shape index (κ3) is 3.34. The van der Waals surface area contributed by atoms with Gasteiger partial charge in [-0.1, -0.05) is 41.9 Å². The van der Waals surface area contributed by atoms with Gasteiger partial charge in [-0.15, -0.1) is 0 Å². The van der Waals surface area contributed by atoms with Gasteiger partial charge in [0.1, 0.15) is 10.8 Å². The molecule has 0 fully saturated rings. The maximum Gasteiger partial charge on any atom is 0.305 e. The van der Waals surface area contributed by atoms with Gasteiger partial charge >= 0.3 is 5.97 Å². The SMILES string of the molecule is CC(=O)OC1N=C(c2ccccc2)c2nc(Cl)ccc2N(C(C)=O)C1=O. The molecular formula is C18H14ClN3O4. The van der Waals surface area contributed by atoms with E-state index < -0.39 is 24.0 Å². The van der Waals surface area contributed by atoms with Crippen molar-refractivity contribution < 1.29 is 19.1 Å². The molecule has 0 aliphatic carbocycles. The highest BCUT2D eigenvalue weighted by atomic mass is 35.5. The normalized spacial score (nSPS) is 16.4. The fourth-order valence-corrected chi connectivity index (χ4v) is 2.76. The van der Waals surface area contributed by atoms with E-state index >= 15 is 0 Å². The minimum absolute atomic E-state index is 0.175. The van der Waals surface area contributed by atoms with Gasteiger partial charge in [-0.25, -0.2) is 14.9 Å². The zero-order chi connectivity index (χ0) is 18.8. The molecule has 1 aliphatic rings. The van der Waals surface area contributed by atoms with Gasteiger partial charge in [0.15, 0.2) is 0 Å². The molecule has 2 aromatic rings. The van der Waals surface area contributed by atoms with Crippen LogP contribution in [0.5, 0.6) is 0 Å². The summed E-state index contributed by atoms with van der Waals surface area (Å²) in [5.74, 6) is -2.02. The van der Waals surface area contributed by atoms with E-state index in [4.69, 9.17) is 16.3 Å². The first-order valence-corrected chi connectivity index (χ1v) is 8.08. The fraction of sp³-hybridized carbons (Fsp3) is 0.167. The van der Waals surface area contributed by atoms with Crippen molar-refractivity contribution in [2.24, 2.45) is 4.99 Å². The first-order valence-electron chi connectivity index (χ1n) is 7.70. The summed E-state index contributed by atoms with van der Waals surface area (Å²) >= 11 is 6.03. The molecule has 7 nitrogen and oxygen atoms in total. The zero-order valence-electron chi connectivity index (χ0n) is 14.0. The van der Waals surface area contributed by atoms with Crippen molar-refractivity contribution in [2.75, 3.05) is 4.90 Å². The lowest BCUT2D eigenvalue weighted by molar-refractivity contribution is -0.152. The van der Waals surface area contributed by atoms with Crippen LogP contribution in [0.4, 0.5) is 5.69 Å². The molecule has 132 valence electrons. The number of rotatable bonds is 2. The number of hydrogen-bond acceptors (Lipinski definition) is 6. The maximum absolute atomic E-state index is 12.8. The lowest BCUT2D eigenvalue weighted by Crippen LogP contribution is -2.42. The van der Waals surface area contributed by atoms with E-state index in [1.807, 2.05) is 6.07 Å². The quantitative estimate of drug-likeness (QED) is 0.597. The summed E-state index contributed by atoms with van der Waals surface area (Å²) in [6, 6.07) is 11.9. The molecule has 0 bridgehead atoms. The summed E-state index contributed by atoms with van der Waals surface area (Å²) in [5.41, 5.74) is 1.41. The van der Waals surface area contributed by atoms with Gasteiger partial charge in [-0.05, 0) is 12.1 Å². The second-order valence-corrected chi connectivity index (χ2v) is 5.89. The highest BCUT2D eigenvalue weighted by molar-refractivity contribution is 6.30. The van der Waals surface area contributed by atoms with Crippen LogP contribution < -0.4 is 4.90 Å². The Bertz CT molecular complexity index is 927. The van der Waals surface area contributed by atoms with Crippen LogP contribution in [0.1, 0.15) is 25.1 Å². The zero-order valence-corrected chi connectivity index (χ0v) is 14.7. The Kier molecular flexibility index (Phi) is 4.81. The summed E-state index contributed by atoms with van der Waals surface area (Å²) in [6.45, 7) is 2.39. The lowest BCUT2D eigenvalue weighted by Gasteiger charge is -2.21. The molecule has 8 heteroatoms. The average molecular weight is 372 g/mol. The number of hydrogen-bond donors (Lipinski definition) is 0. The number of nitrogens with zero attached hydrogens (tertiary/aromatic N) is 3. The van der Waals surface area contributed by atoms with E-state index in [-0.39, 0.29) is 16.5 Å². The molecule has 1 aromatic heterocycles. The number of aromatic nitrogens is 1. The van der Waals surface area contributed by atoms with E-state index in [0.717, 1.165) is 11.8 Å².